The third kappa shape index (κ3) is 6.12. The molecule has 8 heteroatoms. The topological polar surface area (TPSA) is 75.7 Å². The second-order valence-corrected chi connectivity index (χ2v) is 7.83. The molecule has 0 aliphatic carbocycles. The minimum Gasteiger partial charge on any atom is -0.454 e. The summed E-state index contributed by atoms with van der Waals surface area (Å²) in [6.45, 7) is -0.0481. The van der Waals surface area contributed by atoms with E-state index in [1.807, 2.05) is 17.5 Å². The van der Waals surface area contributed by atoms with Gasteiger partial charge in [0.2, 0.25) is 5.91 Å². The lowest BCUT2D eigenvalue weighted by Crippen LogP contribution is -2.38. The third-order valence-corrected chi connectivity index (χ3v) is 5.63. The van der Waals surface area contributed by atoms with Gasteiger partial charge in [-0.3, -0.25) is 14.4 Å². The van der Waals surface area contributed by atoms with Crippen LogP contribution in [0.25, 0.3) is 0 Å². The van der Waals surface area contributed by atoms with Crippen LogP contribution in [-0.4, -0.2) is 42.4 Å². The maximum absolute atomic E-state index is 13.2. The van der Waals surface area contributed by atoms with E-state index >= 15 is 0 Å². The fourth-order valence-corrected chi connectivity index (χ4v) is 3.99. The van der Waals surface area contributed by atoms with E-state index in [1.54, 1.807) is 12.1 Å². The van der Waals surface area contributed by atoms with Crippen LogP contribution < -0.4 is 5.32 Å². The first-order chi connectivity index (χ1) is 14.0. The summed E-state index contributed by atoms with van der Waals surface area (Å²) in [5, 5.41) is 4.71. The van der Waals surface area contributed by atoms with Crippen molar-refractivity contribution in [3.63, 3.8) is 0 Å². The van der Waals surface area contributed by atoms with Crippen LogP contribution in [0.15, 0.2) is 41.8 Å². The first-order valence-electron chi connectivity index (χ1n) is 9.54. The van der Waals surface area contributed by atoms with Gasteiger partial charge in [-0.05, 0) is 42.0 Å². The molecule has 1 aliphatic heterocycles. The molecule has 2 aromatic rings. The van der Waals surface area contributed by atoms with E-state index in [9.17, 15) is 18.8 Å². The second-order valence-electron chi connectivity index (χ2n) is 6.85. The minimum absolute atomic E-state index is 0.0574. The van der Waals surface area contributed by atoms with Gasteiger partial charge in [0.1, 0.15) is 12.4 Å². The van der Waals surface area contributed by atoms with Crippen molar-refractivity contribution in [1.82, 2.24) is 10.2 Å². The van der Waals surface area contributed by atoms with Crippen LogP contribution in [-0.2, 0) is 19.1 Å². The largest absolute Gasteiger partial charge is 0.454 e. The number of thiophene rings is 1. The predicted octanol–water partition coefficient (Wildman–Crippen LogP) is 3.04. The van der Waals surface area contributed by atoms with E-state index in [-0.39, 0.29) is 18.3 Å². The average molecular weight is 418 g/mol. The smallest absolute Gasteiger partial charge is 0.326 e. The molecular weight excluding hydrogens is 395 g/mol. The van der Waals surface area contributed by atoms with Crippen molar-refractivity contribution in [2.24, 2.45) is 0 Å². The molecule has 0 unspecified atom stereocenters. The van der Waals surface area contributed by atoms with Gasteiger partial charge in [-0.15, -0.1) is 11.3 Å². The van der Waals surface area contributed by atoms with Gasteiger partial charge in [0.05, 0.1) is 6.04 Å². The van der Waals surface area contributed by atoms with Gasteiger partial charge in [-0.25, -0.2) is 4.39 Å². The molecule has 2 amide bonds. The fourth-order valence-electron chi connectivity index (χ4n) is 3.19. The molecule has 0 radical (unpaired) electrons. The number of carbonyl (C=O) groups is 3. The molecule has 1 aromatic carbocycles. The van der Waals surface area contributed by atoms with Crippen LogP contribution in [0.2, 0.25) is 0 Å². The maximum atomic E-state index is 13.2. The number of carbonyl (C=O) groups excluding carboxylic acids is 3. The Morgan fingerprint density at radius 3 is 2.69 bits per heavy atom. The van der Waals surface area contributed by atoms with Crippen molar-refractivity contribution in [3.8, 4) is 0 Å². The van der Waals surface area contributed by atoms with Crippen LogP contribution >= 0.6 is 11.3 Å². The van der Waals surface area contributed by atoms with Crippen molar-refractivity contribution in [1.29, 1.82) is 0 Å². The summed E-state index contributed by atoms with van der Waals surface area (Å²) in [5.74, 6) is -1.49. The first-order valence-corrected chi connectivity index (χ1v) is 10.4. The predicted molar refractivity (Wildman–Crippen MR) is 107 cm³/mol. The number of esters is 1. The van der Waals surface area contributed by atoms with Crippen molar-refractivity contribution in [2.75, 3.05) is 19.7 Å². The Kier molecular flexibility index (Phi) is 7.35. The normalized spacial score (nSPS) is 15.5. The number of amides is 2. The zero-order valence-corrected chi connectivity index (χ0v) is 16.8. The molecule has 0 bridgehead atoms. The number of halogens is 1. The molecule has 154 valence electrons. The number of nitrogens with one attached hydrogen (secondary N) is 1. The highest BCUT2D eigenvalue weighted by molar-refractivity contribution is 7.10. The number of benzene rings is 1. The zero-order valence-electron chi connectivity index (χ0n) is 15.9. The number of hydrogen-bond donors (Lipinski definition) is 1. The van der Waals surface area contributed by atoms with Crippen molar-refractivity contribution in [2.45, 2.75) is 31.7 Å². The fraction of sp³-hybridized carbons (Fsp3) is 0.381. The summed E-state index contributed by atoms with van der Waals surface area (Å²) in [4.78, 5) is 38.8. The Morgan fingerprint density at radius 1 is 1.17 bits per heavy atom. The van der Waals surface area contributed by atoms with E-state index < -0.39 is 24.5 Å². The first kappa shape index (κ1) is 21.0. The van der Waals surface area contributed by atoms with E-state index in [4.69, 9.17) is 4.74 Å². The minimum atomic E-state index is -0.607. The molecule has 0 saturated carbocycles. The van der Waals surface area contributed by atoms with Gasteiger partial charge < -0.3 is 15.0 Å². The summed E-state index contributed by atoms with van der Waals surface area (Å²) in [6, 6.07) is 9.15. The summed E-state index contributed by atoms with van der Waals surface area (Å²) in [5.41, 5.74) is 0.726. The monoisotopic (exact) mass is 418 g/mol. The molecule has 1 N–H and O–H groups in total. The van der Waals surface area contributed by atoms with Gasteiger partial charge in [-0.2, -0.15) is 0 Å². The Labute approximate surface area is 172 Å². The Morgan fingerprint density at radius 2 is 1.97 bits per heavy atom. The lowest BCUT2D eigenvalue weighted by molar-refractivity contribution is -0.152. The van der Waals surface area contributed by atoms with Crippen molar-refractivity contribution >= 4 is 29.1 Å². The van der Waals surface area contributed by atoms with E-state index in [0.717, 1.165) is 29.7 Å². The Balaban J connectivity index is 1.55. The summed E-state index contributed by atoms with van der Waals surface area (Å²) in [7, 11) is 0. The third-order valence-electron chi connectivity index (χ3n) is 4.69. The van der Waals surface area contributed by atoms with Crippen LogP contribution in [0.5, 0.6) is 0 Å². The Hall–Kier alpha value is -2.74. The lowest BCUT2D eigenvalue weighted by atomic mass is 10.1. The summed E-state index contributed by atoms with van der Waals surface area (Å²) in [6.07, 6.45) is 3.10. The van der Waals surface area contributed by atoms with Gasteiger partial charge >= 0.3 is 5.97 Å². The van der Waals surface area contributed by atoms with Gasteiger partial charge in [0, 0.05) is 17.8 Å². The molecule has 2 heterocycles. The Bertz CT molecular complexity index is 839. The number of nitrogens with zero attached hydrogens (tertiary/aromatic N) is 1. The molecule has 6 nitrogen and oxygen atoms in total. The molecule has 1 aliphatic rings. The molecule has 0 spiro atoms. The summed E-state index contributed by atoms with van der Waals surface area (Å²) >= 11 is 1.46. The van der Waals surface area contributed by atoms with E-state index in [0.29, 0.717) is 13.0 Å². The molecule has 3 rings (SSSR count). The van der Waals surface area contributed by atoms with Gasteiger partial charge in [0.25, 0.3) is 5.91 Å². The lowest BCUT2D eigenvalue weighted by Gasteiger charge is -2.20. The second kappa shape index (κ2) is 10.2. The highest BCUT2D eigenvalue weighted by Gasteiger charge is 2.22. The maximum Gasteiger partial charge on any atom is 0.326 e. The zero-order chi connectivity index (χ0) is 20.6. The van der Waals surface area contributed by atoms with Crippen LogP contribution in [0.1, 0.15) is 42.2 Å². The van der Waals surface area contributed by atoms with Crippen LogP contribution in [0.3, 0.4) is 0 Å². The molecule has 1 fully saturated rings. The highest BCUT2D eigenvalue weighted by atomic mass is 32.1. The molecule has 29 heavy (non-hydrogen) atoms. The SMILES string of the molecule is O=C(COC(=O)CN1CCCCCC1=O)N[C@@H](c1ccc(F)cc1)c1cccs1. The van der Waals surface area contributed by atoms with Crippen LogP contribution in [0.4, 0.5) is 4.39 Å². The quantitative estimate of drug-likeness (QED) is 0.702. The highest BCUT2D eigenvalue weighted by Crippen LogP contribution is 2.26. The molecule has 1 aromatic heterocycles. The van der Waals surface area contributed by atoms with Gasteiger partial charge in [0.15, 0.2) is 6.61 Å². The average Bonchev–Trinajstić information content (AvgIpc) is 3.17. The molecular formula is C21H23FN2O4S. The molecule has 1 saturated heterocycles. The van der Waals surface area contributed by atoms with Crippen molar-refractivity contribution < 1.29 is 23.5 Å². The number of ether oxygens (including phenoxy) is 1. The van der Waals surface area contributed by atoms with E-state index in [1.165, 1.54) is 28.4 Å². The van der Waals surface area contributed by atoms with Crippen molar-refractivity contribution in [3.05, 3.63) is 58.0 Å². The summed E-state index contributed by atoms with van der Waals surface area (Å²) < 4.78 is 18.3. The van der Waals surface area contributed by atoms with Crippen LogP contribution in [0, 0.1) is 5.82 Å². The van der Waals surface area contributed by atoms with Gasteiger partial charge in [-0.1, -0.05) is 24.6 Å². The van der Waals surface area contributed by atoms with E-state index in [2.05, 4.69) is 5.32 Å². The standard InChI is InChI=1S/C21H23FN2O4S/c22-16-9-7-15(8-10-16)21(17-5-4-12-29-17)23-18(25)14-28-20(27)13-24-11-3-1-2-6-19(24)26/h4-5,7-10,12,21H,1-3,6,11,13-14H2,(H,23,25)/t21-/m0/s1. The number of likely N-dealkylation sites (tertiary alicyclic amines) is 1. The number of hydrogen-bond acceptors (Lipinski definition) is 5. The number of rotatable bonds is 7. The molecule has 1 atom stereocenters.